The molecule has 2 heteroatoms. The van der Waals surface area contributed by atoms with Crippen molar-refractivity contribution in [1.82, 2.24) is 0 Å². The van der Waals surface area contributed by atoms with Gasteiger partial charge in [-0.25, -0.2) is 0 Å². The third kappa shape index (κ3) is 4.42. The van der Waals surface area contributed by atoms with Crippen molar-refractivity contribution in [2.75, 3.05) is 0 Å². The Morgan fingerprint density at radius 1 is 1.35 bits per heavy atom. The van der Waals surface area contributed by atoms with E-state index in [4.69, 9.17) is 0 Å². The number of Topliss-reactive ketones (excluding diaryl/α,β-unsaturated/α-hetero) is 1. The SMILES string of the molecule is C=CCC(C(=O)CCCC)[Si](C)(C)C(C)(C)C. The highest BCUT2D eigenvalue weighted by Gasteiger charge is 2.44. The molecule has 0 N–H and O–H groups in total. The first-order chi connectivity index (χ1) is 7.68. The molecule has 0 saturated carbocycles. The monoisotopic (exact) mass is 254 g/mol. The van der Waals surface area contributed by atoms with E-state index in [2.05, 4.69) is 47.4 Å². The highest BCUT2D eigenvalue weighted by Crippen LogP contribution is 2.45. The molecule has 17 heavy (non-hydrogen) atoms. The molecule has 0 bridgehead atoms. The van der Waals surface area contributed by atoms with Crippen LogP contribution in [0.25, 0.3) is 0 Å². The van der Waals surface area contributed by atoms with Crippen LogP contribution in [-0.2, 0) is 4.79 Å². The summed E-state index contributed by atoms with van der Waals surface area (Å²) in [7, 11) is -1.59. The fourth-order valence-corrected chi connectivity index (χ4v) is 4.79. The Morgan fingerprint density at radius 3 is 2.24 bits per heavy atom. The van der Waals surface area contributed by atoms with E-state index in [1.54, 1.807) is 0 Å². The first-order valence-electron chi connectivity index (χ1n) is 6.82. The van der Waals surface area contributed by atoms with Gasteiger partial charge >= 0.3 is 0 Å². The lowest BCUT2D eigenvalue weighted by atomic mass is 10.1. The maximum Gasteiger partial charge on any atom is 0.133 e. The molecule has 0 aliphatic carbocycles. The van der Waals surface area contributed by atoms with Gasteiger partial charge < -0.3 is 0 Å². The molecule has 0 aliphatic heterocycles. The zero-order valence-electron chi connectivity index (χ0n) is 12.6. The van der Waals surface area contributed by atoms with Crippen LogP contribution in [0, 0.1) is 0 Å². The van der Waals surface area contributed by atoms with Crippen LogP contribution in [-0.4, -0.2) is 13.9 Å². The summed E-state index contributed by atoms with van der Waals surface area (Å²) in [6.07, 6.45) is 5.67. The van der Waals surface area contributed by atoms with Gasteiger partial charge in [0.2, 0.25) is 0 Å². The Kier molecular flexibility index (Phi) is 6.39. The van der Waals surface area contributed by atoms with E-state index in [0.29, 0.717) is 5.78 Å². The lowest BCUT2D eigenvalue weighted by Crippen LogP contribution is -2.45. The minimum absolute atomic E-state index is 0.242. The molecule has 0 fully saturated rings. The van der Waals surface area contributed by atoms with Gasteiger partial charge in [0, 0.05) is 12.0 Å². The standard InChI is InChI=1S/C15H30OSi/c1-8-10-12-13(16)14(11-9-2)17(6,7)15(3,4)5/h9,14H,2,8,10-12H2,1,3-7H3. The normalized spacial score (nSPS) is 14.5. The molecule has 0 spiro atoms. The number of allylic oxidation sites excluding steroid dienone is 1. The smallest absolute Gasteiger partial charge is 0.133 e. The average molecular weight is 254 g/mol. The number of hydrogen-bond donors (Lipinski definition) is 0. The third-order valence-electron chi connectivity index (χ3n) is 4.37. The maximum absolute atomic E-state index is 12.4. The van der Waals surface area contributed by atoms with Gasteiger partial charge in [-0.15, -0.1) is 6.58 Å². The van der Waals surface area contributed by atoms with E-state index in [1.165, 1.54) is 0 Å². The van der Waals surface area contributed by atoms with Crippen molar-refractivity contribution >= 4 is 13.9 Å². The average Bonchev–Trinajstić information content (AvgIpc) is 2.20. The van der Waals surface area contributed by atoms with Crippen molar-refractivity contribution in [3.8, 4) is 0 Å². The van der Waals surface area contributed by atoms with Gasteiger partial charge in [0.15, 0.2) is 0 Å². The zero-order chi connectivity index (χ0) is 13.7. The number of carbonyl (C=O) groups excluding carboxylic acids is 1. The second-order valence-corrected chi connectivity index (χ2v) is 12.3. The van der Waals surface area contributed by atoms with E-state index >= 15 is 0 Å². The Labute approximate surface area is 109 Å². The van der Waals surface area contributed by atoms with Crippen LogP contribution < -0.4 is 0 Å². The van der Waals surface area contributed by atoms with Crippen molar-refractivity contribution in [1.29, 1.82) is 0 Å². The molecule has 0 amide bonds. The van der Waals surface area contributed by atoms with E-state index in [9.17, 15) is 4.79 Å². The van der Waals surface area contributed by atoms with Crippen molar-refractivity contribution < 1.29 is 4.79 Å². The molecule has 0 aromatic rings. The highest BCUT2D eigenvalue weighted by atomic mass is 28.3. The van der Waals surface area contributed by atoms with Crippen LogP contribution in [0.5, 0.6) is 0 Å². The van der Waals surface area contributed by atoms with E-state index in [1.807, 2.05) is 6.08 Å². The summed E-state index contributed by atoms with van der Waals surface area (Å²) in [6.45, 7) is 17.5. The topological polar surface area (TPSA) is 17.1 Å². The summed E-state index contributed by atoms with van der Waals surface area (Å²) in [4.78, 5) is 12.4. The molecule has 0 radical (unpaired) electrons. The molecule has 100 valence electrons. The number of rotatable bonds is 7. The second-order valence-electron chi connectivity index (χ2n) is 6.62. The zero-order valence-corrected chi connectivity index (χ0v) is 13.6. The van der Waals surface area contributed by atoms with Crippen LogP contribution in [0.4, 0.5) is 0 Å². The van der Waals surface area contributed by atoms with Gasteiger partial charge in [-0.2, -0.15) is 0 Å². The van der Waals surface area contributed by atoms with Crippen LogP contribution in [0.2, 0.25) is 23.7 Å². The lowest BCUT2D eigenvalue weighted by molar-refractivity contribution is -0.119. The van der Waals surface area contributed by atoms with Crippen LogP contribution >= 0.6 is 0 Å². The van der Waals surface area contributed by atoms with Crippen LogP contribution in [0.3, 0.4) is 0 Å². The molecule has 1 unspecified atom stereocenters. The molecule has 1 atom stereocenters. The number of ketones is 1. The summed E-state index contributed by atoms with van der Waals surface area (Å²) in [5.41, 5.74) is 0.242. The van der Waals surface area contributed by atoms with Crippen molar-refractivity contribution in [2.24, 2.45) is 0 Å². The van der Waals surface area contributed by atoms with Crippen LogP contribution in [0.1, 0.15) is 53.4 Å². The van der Waals surface area contributed by atoms with Gasteiger partial charge in [0.25, 0.3) is 0 Å². The highest BCUT2D eigenvalue weighted by molar-refractivity contribution is 6.84. The molecule has 0 rings (SSSR count). The largest absolute Gasteiger partial charge is 0.300 e. The number of carbonyl (C=O) groups is 1. The summed E-state index contributed by atoms with van der Waals surface area (Å²) in [5, 5.41) is 0.266. The summed E-state index contributed by atoms with van der Waals surface area (Å²) in [5.74, 6) is 0.471. The summed E-state index contributed by atoms with van der Waals surface area (Å²) < 4.78 is 0. The van der Waals surface area contributed by atoms with Crippen molar-refractivity contribution in [3.05, 3.63) is 12.7 Å². The fraction of sp³-hybridized carbons (Fsp3) is 0.800. The number of hydrogen-bond acceptors (Lipinski definition) is 1. The first-order valence-corrected chi connectivity index (χ1v) is 9.89. The first kappa shape index (κ1) is 16.6. The Morgan fingerprint density at radius 2 is 1.88 bits per heavy atom. The Balaban J connectivity index is 4.95. The minimum atomic E-state index is -1.59. The van der Waals surface area contributed by atoms with Crippen LogP contribution in [0.15, 0.2) is 12.7 Å². The Bertz CT molecular complexity index is 261. The summed E-state index contributed by atoms with van der Waals surface area (Å²) in [6, 6.07) is 0. The molecule has 1 nitrogen and oxygen atoms in total. The predicted octanol–water partition coefficient (Wildman–Crippen LogP) is 5.20. The molecule has 0 aromatic heterocycles. The minimum Gasteiger partial charge on any atom is -0.300 e. The Hall–Kier alpha value is -0.373. The maximum atomic E-state index is 12.4. The van der Waals surface area contributed by atoms with Crippen molar-refractivity contribution in [3.63, 3.8) is 0 Å². The van der Waals surface area contributed by atoms with E-state index in [0.717, 1.165) is 25.7 Å². The van der Waals surface area contributed by atoms with Gasteiger partial charge in [0.1, 0.15) is 5.78 Å². The van der Waals surface area contributed by atoms with Gasteiger partial charge in [0.05, 0.1) is 8.07 Å². The molecular weight excluding hydrogens is 224 g/mol. The molecular formula is C15H30OSi. The van der Waals surface area contributed by atoms with E-state index < -0.39 is 8.07 Å². The van der Waals surface area contributed by atoms with Gasteiger partial charge in [-0.1, -0.05) is 53.3 Å². The second kappa shape index (κ2) is 6.53. The van der Waals surface area contributed by atoms with Crippen molar-refractivity contribution in [2.45, 2.75) is 77.1 Å². The molecule has 0 saturated heterocycles. The lowest BCUT2D eigenvalue weighted by Gasteiger charge is -2.42. The predicted molar refractivity (Wildman–Crippen MR) is 80.3 cm³/mol. The quantitative estimate of drug-likeness (QED) is 0.451. The van der Waals surface area contributed by atoms with Gasteiger partial charge in [-0.3, -0.25) is 4.79 Å². The molecule has 0 aromatic carbocycles. The molecule has 0 aliphatic rings. The third-order valence-corrected chi connectivity index (χ3v) is 10.5. The molecule has 0 heterocycles. The van der Waals surface area contributed by atoms with E-state index in [-0.39, 0.29) is 10.6 Å². The van der Waals surface area contributed by atoms with Gasteiger partial charge in [-0.05, 0) is 17.9 Å². The fourth-order valence-electron chi connectivity index (χ4n) is 2.04. The number of unbranched alkanes of at least 4 members (excludes halogenated alkanes) is 1. The summed E-state index contributed by atoms with van der Waals surface area (Å²) >= 11 is 0.